The highest BCUT2D eigenvalue weighted by molar-refractivity contribution is 5.88. The van der Waals surface area contributed by atoms with Crippen LogP contribution in [0, 0.1) is 0 Å². The number of halogens is 3. The average molecular weight is 374 g/mol. The van der Waals surface area contributed by atoms with E-state index in [2.05, 4.69) is 5.10 Å². The molecule has 26 heavy (non-hydrogen) atoms. The molecule has 1 saturated carbocycles. The van der Waals surface area contributed by atoms with Crippen molar-refractivity contribution >= 4 is 5.97 Å². The number of aromatic carboxylic acids is 1. The van der Waals surface area contributed by atoms with Gasteiger partial charge in [-0.2, -0.15) is 18.3 Å². The molecule has 0 amide bonds. The topological polar surface area (TPSA) is 55.1 Å². The van der Waals surface area contributed by atoms with E-state index in [1.165, 1.54) is 19.0 Å². The molecule has 0 unspecified atom stereocenters. The van der Waals surface area contributed by atoms with Crippen LogP contribution < -0.4 is 0 Å². The third-order valence-electron chi connectivity index (χ3n) is 5.17. The number of rotatable bonds is 11. The minimum absolute atomic E-state index is 0.214. The Morgan fingerprint density at radius 2 is 1.65 bits per heavy atom. The number of hydrogen-bond acceptors (Lipinski definition) is 2. The summed E-state index contributed by atoms with van der Waals surface area (Å²) < 4.78 is 38.1. The van der Waals surface area contributed by atoms with E-state index in [4.69, 9.17) is 0 Å². The van der Waals surface area contributed by atoms with Crippen LogP contribution in [-0.2, 0) is 6.42 Å². The van der Waals surface area contributed by atoms with Crippen LogP contribution >= 0.6 is 0 Å². The van der Waals surface area contributed by atoms with Crippen LogP contribution in [0.15, 0.2) is 6.20 Å². The van der Waals surface area contributed by atoms with Crippen molar-refractivity contribution in [3.05, 3.63) is 17.5 Å². The maximum atomic E-state index is 12.1. The molecule has 0 atom stereocenters. The second-order valence-corrected chi connectivity index (χ2v) is 7.28. The van der Waals surface area contributed by atoms with E-state index in [1.807, 2.05) is 4.68 Å². The predicted octanol–water partition coefficient (Wildman–Crippen LogP) is 5.92. The second kappa shape index (κ2) is 9.97. The Morgan fingerprint density at radius 3 is 2.23 bits per heavy atom. The number of aromatic nitrogens is 2. The third-order valence-corrected chi connectivity index (χ3v) is 5.17. The number of alkyl halides is 3. The Labute approximate surface area is 152 Å². The fourth-order valence-electron chi connectivity index (χ4n) is 3.78. The summed E-state index contributed by atoms with van der Waals surface area (Å²) in [6.45, 7) is 0. The number of carbonyl (C=O) groups is 1. The second-order valence-electron chi connectivity index (χ2n) is 7.28. The van der Waals surface area contributed by atoms with E-state index in [1.54, 1.807) is 0 Å². The van der Waals surface area contributed by atoms with Crippen molar-refractivity contribution in [1.29, 1.82) is 0 Å². The van der Waals surface area contributed by atoms with Crippen LogP contribution in [0.2, 0.25) is 0 Å². The number of carboxylic acid groups (broad SMARTS) is 1. The zero-order valence-corrected chi connectivity index (χ0v) is 15.2. The molecule has 1 aromatic rings. The predicted molar refractivity (Wildman–Crippen MR) is 93.4 cm³/mol. The molecule has 1 fully saturated rings. The fraction of sp³-hybridized carbons (Fsp3) is 0.789. The summed E-state index contributed by atoms with van der Waals surface area (Å²) in [5, 5.41) is 13.7. The van der Waals surface area contributed by atoms with Gasteiger partial charge in [-0.25, -0.2) is 4.79 Å². The zero-order chi connectivity index (χ0) is 19.0. The van der Waals surface area contributed by atoms with Crippen molar-refractivity contribution < 1.29 is 23.1 Å². The minimum atomic E-state index is -4.04. The lowest BCUT2D eigenvalue weighted by Crippen LogP contribution is -2.12. The molecule has 1 aliphatic carbocycles. The van der Waals surface area contributed by atoms with E-state index in [-0.39, 0.29) is 6.42 Å². The molecule has 0 aromatic carbocycles. The van der Waals surface area contributed by atoms with Gasteiger partial charge in [-0.1, -0.05) is 44.9 Å². The van der Waals surface area contributed by atoms with Gasteiger partial charge in [0.1, 0.15) is 5.56 Å². The summed E-state index contributed by atoms with van der Waals surface area (Å²) in [4.78, 5) is 11.4. The first kappa shape index (κ1) is 20.8. The summed E-state index contributed by atoms with van der Waals surface area (Å²) in [7, 11) is 0. The maximum Gasteiger partial charge on any atom is 0.389 e. The van der Waals surface area contributed by atoms with Crippen LogP contribution in [0.3, 0.4) is 0 Å². The van der Waals surface area contributed by atoms with Gasteiger partial charge >= 0.3 is 12.1 Å². The van der Waals surface area contributed by atoms with Gasteiger partial charge in [0.15, 0.2) is 0 Å². The molecule has 1 N–H and O–H groups in total. The van der Waals surface area contributed by atoms with Gasteiger partial charge in [0, 0.05) is 6.42 Å². The number of carboxylic acids is 1. The zero-order valence-electron chi connectivity index (χ0n) is 15.2. The number of hydrogen-bond donors (Lipinski definition) is 1. The molecule has 4 nitrogen and oxygen atoms in total. The van der Waals surface area contributed by atoms with Crippen molar-refractivity contribution in [1.82, 2.24) is 9.78 Å². The van der Waals surface area contributed by atoms with Gasteiger partial charge in [0.2, 0.25) is 0 Å². The molecular formula is C19H29F3N2O2. The molecule has 7 heteroatoms. The Kier molecular flexibility index (Phi) is 7.97. The molecule has 0 saturated heterocycles. The Morgan fingerprint density at radius 1 is 1.08 bits per heavy atom. The van der Waals surface area contributed by atoms with Gasteiger partial charge in [-0.3, -0.25) is 4.68 Å². The first-order valence-electron chi connectivity index (χ1n) is 9.75. The standard InChI is InChI=1S/C19H29F3N2O2/c20-19(21,22)13-9-5-3-1-2-4-6-12-17-16(18(25)26)14-23-24(17)15-10-7-8-11-15/h14-15H,1-13H2,(H,25,26). The molecule has 148 valence electrons. The van der Waals surface area contributed by atoms with Crippen LogP contribution in [0.25, 0.3) is 0 Å². The van der Waals surface area contributed by atoms with Gasteiger partial charge in [-0.15, -0.1) is 0 Å². The van der Waals surface area contributed by atoms with Crippen LogP contribution in [0.4, 0.5) is 13.2 Å². The van der Waals surface area contributed by atoms with Crippen molar-refractivity contribution in [2.75, 3.05) is 0 Å². The van der Waals surface area contributed by atoms with E-state index in [0.29, 0.717) is 24.4 Å². The number of nitrogens with zero attached hydrogens (tertiary/aromatic N) is 2. The molecule has 2 rings (SSSR count). The van der Waals surface area contributed by atoms with Crippen molar-refractivity contribution in [2.24, 2.45) is 0 Å². The highest BCUT2D eigenvalue weighted by atomic mass is 19.4. The largest absolute Gasteiger partial charge is 0.478 e. The first-order chi connectivity index (χ1) is 12.4. The molecule has 1 heterocycles. The van der Waals surface area contributed by atoms with Crippen LogP contribution in [0.1, 0.15) is 99.1 Å². The highest BCUT2D eigenvalue weighted by Crippen LogP contribution is 2.31. The molecule has 1 aliphatic rings. The van der Waals surface area contributed by atoms with Crippen molar-refractivity contribution in [2.45, 2.75) is 95.7 Å². The molecule has 0 radical (unpaired) electrons. The quantitative estimate of drug-likeness (QED) is 0.489. The van der Waals surface area contributed by atoms with E-state index < -0.39 is 18.6 Å². The number of unbranched alkanes of at least 4 members (excludes halogenated alkanes) is 6. The highest BCUT2D eigenvalue weighted by Gasteiger charge is 2.26. The molecule has 0 spiro atoms. The van der Waals surface area contributed by atoms with Crippen LogP contribution in [0.5, 0.6) is 0 Å². The lowest BCUT2D eigenvalue weighted by atomic mass is 10.0. The maximum absolute atomic E-state index is 12.1. The minimum Gasteiger partial charge on any atom is -0.478 e. The van der Waals surface area contributed by atoms with E-state index in [0.717, 1.165) is 50.6 Å². The molecule has 0 aliphatic heterocycles. The summed E-state index contributed by atoms with van der Waals surface area (Å²) in [6.07, 6.45) is 7.34. The normalized spacial score (nSPS) is 15.7. The molecule has 0 bridgehead atoms. The summed E-state index contributed by atoms with van der Waals surface area (Å²) in [5.41, 5.74) is 1.14. The van der Waals surface area contributed by atoms with Gasteiger partial charge < -0.3 is 5.11 Å². The fourth-order valence-corrected chi connectivity index (χ4v) is 3.78. The van der Waals surface area contributed by atoms with Crippen LogP contribution in [-0.4, -0.2) is 27.0 Å². The Bertz CT molecular complexity index is 564. The average Bonchev–Trinajstić information content (AvgIpc) is 3.21. The SMILES string of the molecule is O=C(O)c1cnn(C2CCCC2)c1CCCCCCCCCC(F)(F)F. The van der Waals surface area contributed by atoms with E-state index in [9.17, 15) is 23.1 Å². The van der Waals surface area contributed by atoms with Gasteiger partial charge in [0.05, 0.1) is 17.9 Å². The molecule has 1 aromatic heterocycles. The summed E-state index contributed by atoms with van der Waals surface area (Å²) in [5.74, 6) is -0.922. The summed E-state index contributed by atoms with van der Waals surface area (Å²) >= 11 is 0. The molecular weight excluding hydrogens is 345 g/mol. The lowest BCUT2D eigenvalue weighted by Gasteiger charge is -2.15. The third kappa shape index (κ3) is 6.65. The van der Waals surface area contributed by atoms with E-state index >= 15 is 0 Å². The van der Waals surface area contributed by atoms with Crippen molar-refractivity contribution in [3.8, 4) is 0 Å². The monoisotopic (exact) mass is 374 g/mol. The lowest BCUT2D eigenvalue weighted by molar-refractivity contribution is -0.135. The summed E-state index contributed by atoms with van der Waals surface area (Å²) in [6, 6.07) is 0.326. The first-order valence-corrected chi connectivity index (χ1v) is 9.75. The van der Waals surface area contributed by atoms with Gasteiger partial charge in [0.25, 0.3) is 0 Å². The smallest absolute Gasteiger partial charge is 0.389 e. The van der Waals surface area contributed by atoms with Gasteiger partial charge in [-0.05, 0) is 32.1 Å². The Hall–Kier alpha value is -1.53. The Balaban J connectivity index is 1.69. The van der Waals surface area contributed by atoms with Crippen molar-refractivity contribution in [3.63, 3.8) is 0 Å².